The van der Waals surface area contributed by atoms with Gasteiger partial charge in [-0.05, 0) is 0 Å². The Morgan fingerprint density at radius 1 is 1.12 bits per heavy atom. The summed E-state index contributed by atoms with van der Waals surface area (Å²) in [7, 11) is 0. The minimum absolute atomic E-state index is 0.0532. The highest BCUT2D eigenvalue weighted by Gasteiger charge is 2.29. The predicted molar refractivity (Wildman–Crippen MR) is 57.9 cm³/mol. The molecule has 0 fully saturated rings. The van der Waals surface area contributed by atoms with Crippen molar-refractivity contribution in [2.45, 2.75) is 24.4 Å². The molecule has 4 atom stereocenters. The van der Waals surface area contributed by atoms with Crippen LogP contribution in [0.1, 0.15) is 0 Å². The van der Waals surface area contributed by atoms with Crippen LogP contribution in [-0.2, 0) is 4.79 Å². The van der Waals surface area contributed by atoms with Crippen LogP contribution in [0, 0.1) is 0 Å². The first kappa shape index (κ1) is 15.8. The third-order valence-corrected chi connectivity index (χ3v) is 2.46. The Morgan fingerprint density at radius 3 is 2.06 bits per heavy atom. The van der Waals surface area contributed by atoms with Gasteiger partial charge in [0.05, 0.1) is 18.0 Å². The van der Waals surface area contributed by atoms with E-state index in [9.17, 15) is 20.1 Å². The molecule has 0 spiro atoms. The molecule has 0 aliphatic heterocycles. The lowest BCUT2D eigenvalue weighted by molar-refractivity contribution is -0.124. The normalized spacial score (nSPS) is 18.6. The average Bonchev–Trinajstić information content (AvgIpc) is 2.32. The molecule has 0 saturated carbocycles. The molecule has 0 bridgehead atoms. The summed E-state index contributed by atoms with van der Waals surface area (Å²) < 4.78 is 0. The molecule has 0 aliphatic rings. The van der Waals surface area contributed by atoms with E-state index in [1.807, 2.05) is 0 Å². The fourth-order valence-corrected chi connectivity index (χ4v) is 1.15. The van der Waals surface area contributed by atoms with Gasteiger partial charge in [0.15, 0.2) is 0 Å². The summed E-state index contributed by atoms with van der Waals surface area (Å²) in [6.07, 6.45) is -6.31. The number of halogens is 1. The van der Waals surface area contributed by atoms with Gasteiger partial charge in [-0.3, -0.25) is 4.79 Å². The van der Waals surface area contributed by atoms with Crippen molar-refractivity contribution < 1.29 is 30.3 Å². The number of nitrogens with one attached hydrogen (secondary N) is 1. The Morgan fingerprint density at radius 2 is 1.62 bits per heavy atom. The zero-order valence-electron chi connectivity index (χ0n) is 8.45. The van der Waals surface area contributed by atoms with E-state index in [1.54, 1.807) is 0 Å². The van der Waals surface area contributed by atoms with Gasteiger partial charge in [0, 0.05) is 6.54 Å². The zero-order valence-corrected chi connectivity index (χ0v) is 10.0. The fourth-order valence-electron chi connectivity index (χ4n) is 0.950. The van der Waals surface area contributed by atoms with Crippen molar-refractivity contribution in [3.05, 3.63) is 0 Å². The van der Waals surface area contributed by atoms with Crippen molar-refractivity contribution in [1.29, 1.82) is 0 Å². The van der Waals surface area contributed by atoms with Crippen LogP contribution in [0.2, 0.25) is 0 Å². The summed E-state index contributed by atoms with van der Waals surface area (Å²) in [5.41, 5.74) is 0. The number of hydrogen-bond donors (Lipinski definition) is 6. The minimum atomic E-state index is -1.68. The monoisotopic (exact) mass is 301 g/mol. The first-order chi connectivity index (χ1) is 7.43. The summed E-state index contributed by atoms with van der Waals surface area (Å²) in [5.74, 6) is -0.386. The van der Waals surface area contributed by atoms with Crippen LogP contribution in [-0.4, -0.2) is 74.3 Å². The third-order valence-electron chi connectivity index (χ3n) is 1.96. The van der Waals surface area contributed by atoms with Crippen molar-refractivity contribution in [2.75, 3.05) is 18.5 Å². The highest BCUT2D eigenvalue weighted by atomic mass is 79.9. The van der Waals surface area contributed by atoms with Crippen molar-refractivity contribution in [3.8, 4) is 0 Å². The Kier molecular flexibility index (Phi) is 7.81. The molecule has 0 aromatic heterocycles. The molecular weight excluding hydrogens is 286 g/mol. The Labute approximate surface area is 101 Å². The van der Waals surface area contributed by atoms with Crippen LogP contribution >= 0.6 is 15.9 Å². The molecule has 0 radical (unpaired) electrons. The number of amides is 1. The Hall–Kier alpha value is -0.250. The van der Waals surface area contributed by atoms with Gasteiger partial charge in [-0.15, -0.1) is 0 Å². The van der Waals surface area contributed by atoms with Gasteiger partial charge < -0.3 is 30.8 Å². The van der Waals surface area contributed by atoms with Gasteiger partial charge in [-0.2, -0.15) is 0 Å². The Bertz CT molecular complexity index is 217. The maximum Gasteiger partial charge on any atom is 0.230 e. The second-order valence-electron chi connectivity index (χ2n) is 3.24. The van der Waals surface area contributed by atoms with Crippen molar-refractivity contribution in [3.63, 3.8) is 0 Å². The van der Waals surface area contributed by atoms with Crippen molar-refractivity contribution >= 4 is 21.8 Å². The van der Waals surface area contributed by atoms with Crippen molar-refractivity contribution in [1.82, 2.24) is 5.32 Å². The molecule has 7 nitrogen and oxygen atoms in total. The molecule has 16 heavy (non-hydrogen) atoms. The standard InChI is InChI=1S/C8H16BrNO6/c9-1-6(14)10-2-4(12)7(15)8(16)5(13)3-11/h4-5,7-8,11-13,15-16H,1-3H2,(H,10,14)/t4-,5+,7+,8+/m0/s1. The largest absolute Gasteiger partial charge is 0.394 e. The van der Waals surface area contributed by atoms with Gasteiger partial charge in [0.2, 0.25) is 5.91 Å². The molecule has 96 valence electrons. The summed E-state index contributed by atoms with van der Waals surface area (Å²) in [6.45, 7) is -1.00. The topological polar surface area (TPSA) is 130 Å². The van der Waals surface area contributed by atoms with Crippen LogP contribution in [0.4, 0.5) is 0 Å². The summed E-state index contributed by atoms with van der Waals surface area (Å²) in [4.78, 5) is 10.8. The van der Waals surface area contributed by atoms with E-state index in [0.717, 1.165) is 0 Å². The van der Waals surface area contributed by atoms with E-state index in [4.69, 9.17) is 10.2 Å². The molecule has 6 N–H and O–H groups in total. The number of carbonyl (C=O) groups excluding carboxylic acids is 1. The predicted octanol–water partition coefficient (Wildman–Crippen LogP) is -3.07. The lowest BCUT2D eigenvalue weighted by Gasteiger charge is -2.25. The molecule has 0 unspecified atom stereocenters. The molecule has 0 aromatic carbocycles. The number of rotatable bonds is 7. The van der Waals surface area contributed by atoms with Gasteiger partial charge in [0.25, 0.3) is 0 Å². The van der Waals surface area contributed by atoms with Gasteiger partial charge >= 0.3 is 0 Å². The first-order valence-corrected chi connectivity index (χ1v) is 5.72. The lowest BCUT2D eigenvalue weighted by atomic mass is 10.0. The maximum atomic E-state index is 10.8. The average molecular weight is 302 g/mol. The number of carbonyl (C=O) groups is 1. The third kappa shape index (κ3) is 5.19. The molecular formula is C8H16BrNO6. The van der Waals surface area contributed by atoms with E-state index >= 15 is 0 Å². The number of alkyl halides is 1. The van der Waals surface area contributed by atoms with E-state index in [0.29, 0.717) is 0 Å². The van der Waals surface area contributed by atoms with E-state index in [-0.39, 0.29) is 17.8 Å². The van der Waals surface area contributed by atoms with Gasteiger partial charge in [-0.1, -0.05) is 15.9 Å². The second-order valence-corrected chi connectivity index (χ2v) is 3.80. The van der Waals surface area contributed by atoms with E-state index in [2.05, 4.69) is 21.2 Å². The SMILES string of the molecule is O=C(CBr)NC[C@H](O)[C@@H](O)[C@H](O)[C@H](O)CO. The first-order valence-electron chi connectivity index (χ1n) is 4.59. The lowest BCUT2D eigenvalue weighted by Crippen LogP contribution is -2.49. The molecule has 8 heteroatoms. The maximum absolute atomic E-state index is 10.8. The van der Waals surface area contributed by atoms with Crippen LogP contribution in [0.15, 0.2) is 0 Å². The molecule has 0 heterocycles. The molecule has 0 rings (SSSR count). The smallest absolute Gasteiger partial charge is 0.230 e. The highest BCUT2D eigenvalue weighted by Crippen LogP contribution is 2.04. The van der Waals surface area contributed by atoms with E-state index < -0.39 is 31.0 Å². The minimum Gasteiger partial charge on any atom is -0.394 e. The number of aliphatic hydroxyl groups excluding tert-OH is 5. The summed E-state index contributed by atoms with van der Waals surface area (Å²) in [5, 5.41) is 47.8. The van der Waals surface area contributed by atoms with Crippen LogP contribution in [0.5, 0.6) is 0 Å². The summed E-state index contributed by atoms with van der Waals surface area (Å²) in [6, 6.07) is 0. The summed E-state index contributed by atoms with van der Waals surface area (Å²) >= 11 is 2.89. The van der Waals surface area contributed by atoms with E-state index in [1.165, 1.54) is 0 Å². The van der Waals surface area contributed by atoms with Crippen LogP contribution in [0.25, 0.3) is 0 Å². The quantitative estimate of drug-likeness (QED) is 0.277. The fraction of sp³-hybridized carbons (Fsp3) is 0.875. The van der Waals surface area contributed by atoms with Crippen molar-refractivity contribution in [2.24, 2.45) is 0 Å². The molecule has 1 amide bonds. The molecule has 0 saturated heterocycles. The number of aliphatic hydroxyl groups is 5. The zero-order chi connectivity index (χ0) is 12.7. The Balaban J connectivity index is 4.06. The molecule has 0 aliphatic carbocycles. The number of hydrogen-bond acceptors (Lipinski definition) is 6. The molecule has 0 aromatic rings. The second kappa shape index (κ2) is 7.93. The van der Waals surface area contributed by atoms with Gasteiger partial charge in [0.1, 0.15) is 18.3 Å². The van der Waals surface area contributed by atoms with Crippen LogP contribution in [0.3, 0.4) is 0 Å². The van der Waals surface area contributed by atoms with Gasteiger partial charge in [-0.25, -0.2) is 0 Å². The highest BCUT2D eigenvalue weighted by molar-refractivity contribution is 9.09. The van der Waals surface area contributed by atoms with Crippen LogP contribution < -0.4 is 5.32 Å².